The number of rotatable bonds is 8. The third kappa shape index (κ3) is 4.55. The molecule has 0 saturated carbocycles. The molecule has 3 rings (SSSR count). The zero-order chi connectivity index (χ0) is 19.3. The first-order valence-electron chi connectivity index (χ1n) is 9.03. The minimum Gasteiger partial charge on any atom is -0.387 e. The van der Waals surface area contributed by atoms with Gasteiger partial charge in [-0.15, -0.1) is 0 Å². The smallest absolute Gasteiger partial charge is 0.189 e. The van der Waals surface area contributed by atoms with Gasteiger partial charge in [0.05, 0.1) is 25.9 Å². The van der Waals surface area contributed by atoms with Gasteiger partial charge in [0.2, 0.25) is 0 Å². The number of benzene rings is 2. The predicted molar refractivity (Wildman–Crippen MR) is 98.6 cm³/mol. The Balaban J connectivity index is 1.54. The zero-order valence-electron chi connectivity index (χ0n) is 15.3. The summed E-state index contributed by atoms with van der Waals surface area (Å²) in [5.74, 6) is 0. The maximum Gasteiger partial charge on any atom is 0.189 e. The average molecular weight is 374 g/mol. The molecule has 2 aromatic carbocycles. The molecule has 0 spiro atoms. The van der Waals surface area contributed by atoms with Crippen LogP contribution in [0.3, 0.4) is 0 Å². The van der Waals surface area contributed by atoms with E-state index in [1.807, 2.05) is 60.7 Å². The van der Waals surface area contributed by atoms with Crippen LogP contribution in [0.5, 0.6) is 0 Å². The second-order valence-corrected chi connectivity index (χ2v) is 6.80. The Labute approximate surface area is 158 Å². The third-order valence-corrected chi connectivity index (χ3v) is 4.91. The predicted octanol–water partition coefficient (Wildman–Crippen LogP) is 1.62. The molecule has 1 aliphatic rings. The van der Waals surface area contributed by atoms with E-state index in [2.05, 4.69) is 0 Å². The van der Waals surface area contributed by atoms with Gasteiger partial charge in [0.15, 0.2) is 11.9 Å². The van der Waals surface area contributed by atoms with Gasteiger partial charge in [-0.25, -0.2) is 0 Å². The quantitative estimate of drug-likeness (QED) is 0.651. The van der Waals surface area contributed by atoms with Gasteiger partial charge < -0.3 is 29.5 Å². The van der Waals surface area contributed by atoms with Crippen molar-refractivity contribution in [1.29, 1.82) is 0 Å². The molecular formula is C21H26O6. The first-order chi connectivity index (χ1) is 13.0. The molecule has 0 bridgehead atoms. The van der Waals surface area contributed by atoms with Crippen molar-refractivity contribution < 1.29 is 29.5 Å². The first kappa shape index (κ1) is 19.9. The third-order valence-electron chi connectivity index (χ3n) is 4.91. The molecule has 146 valence electrons. The highest BCUT2D eigenvalue weighted by molar-refractivity contribution is 5.14. The van der Waals surface area contributed by atoms with Gasteiger partial charge in [-0.05, 0) is 18.1 Å². The van der Waals surface area contributed by atoms with Crippen molar-refractivity contribution >= 4 is 0 Å². The molecule has 0 radical (unpaired) electrons. The van der Waals surface area contributed by atoms with E-state index in [0.29, 0.717) is 6.61 Å². The molecule has 1 aliphatic heterocycles. The number of aliphatic hydroxyl groups excluding tert-OH is 2. The van der Waals surface area contributed by atoms with Crippen LogP contribution in [0.4, 0.5) is 0 Å². The largest absolute Gasteiger partial charge is 0.387 e. The Morgan fingerprint density at radius 2 is 1.52 bits per heavy atom. The lowest BCUT2D eigenvalue weighted by Gasteiger charge is -2.34. The van der Waals surface area contributed by atoms with Crippen LogP contribution in [0, 0.1) is 0 Å². The Morgan fingerprint density at radius 1 is 0.963 bits per heavy atom. The molecular weight excluding hydrogens is 348 g/mol. The molecule has 1 saturated heterocycles. The highest BCUT2D eigenvalue weighted by atomic mass is 16.7. The summed E-state index contributed by atoms with van der Waals surface area (Å²) in [6.07, 6.45) is -4.60. The van der Waals surface area contributed by atoms with Gasteiger partial charge in [-0.2, -0.15) is 0 Å². The summed E-state index contributed by atoms with van der Waals surface area (Å²) >= 11 is 0. The van der Waals surface area contributed by atoms with Crippen LogP contribution in [0.1, 0.15) is 18.1 Å². The molecule has 2 aromatic rings. The Hall–Kier alpha value is -1.80. The lowest BCUT2D eigenvalue weighted by molar-refractivity contribution is -0.224. The van der Waals surface area contributed by atoms with Gasteiger partial charge in [0.1, 0.15) is 12.2 Å². The van der Waals surface area contributed by atoms with Crippen molar-refractivity contribution in [2.45, 2.75) is 50.3 Å². The minimum absolute atomic E-state index is 0.0425. The summed E-state index contributed by atoms with van der Waals surface area (Å²) in [5, 5.41) is 31.6. The van der Waals surface area contributed by atoms with E-state index in [9.17, 15) is 15.3 Å². The fraction of sp³-hybridized carbons (Fsp3) is 0.429. The molecule has 1 heterocycles. The highest BCUT2D eigenvalue weighted by Gasteiger charge is 2.58. The molecule has 5 atom stereocenters. The molecule has 1 unspecified atom stereocenters. The van der Waals surface area contributed by atoms with Crippen molar-refractivity contribution in [2.75, 3.05) is 6.61 Å². The molecule has 0 aliphatic carbocycles. The number of aliphatic hydroxyl groups is 3. The van der Waals surface area contributed by atoms with Gasteiger partial charge in [-0.1, -0.05) is 60.7 Å². The van der Waals surface area contributed by atoms with Crippen molar-refractivity contribution in [3.8, 4) is 0 Å². The molecule has 3 N–H and O–H groups in total. The standard InChI is InChI=1S/C21H26O6/c1-15(26-13-17-10-6-3-7-11-17)21(24)19(22)18(27-20(21)23)14-25-12-16-8-4-2-5-9-16/h2-11,15,18-20,22-24H,12-14H2,1H3/t15-,18-,19+,20?,21-/m1/s1. The van der Waals surface area contributed by atoms with Crippen LogP contribution in [0.25, 0.3) is 0 Å². The van der Waals surface area contributed by atoms with E-state index < -0.39 is 30.2 Å². The van der Waals surface area contributed by atoms with E-state index in [1.54, 1.807) is 6.92 Å². The minimum atomic E-state index is -1.93. The first-order valence-corrected chi connectivity index (χ1v) is 9.03. The monoisotopic (exact) mass is 374 g/mol. The van der Waals surface area contributed by atoms with Crippen molar-refractivity contribution in [1.82, 2.24) is 0 Å². The van der Waals surface area contributed by atoms with Gasteiger partial charge in [0.25, 0.3) is 0 Å². The van der Waals surface area contributed by atoms with E-state index in [-0.39, 0.29) is 13.2 Å². The van der Waals surface area contributed by atoms with Crippen LogP contribution in [0.2, 0.25) is 0 Å². The molecule has 1 fully saturated rings. The van der Waals surface area contributed by atoms with Gasteiger partial charge in [0, 0.05) is 0 Å². The summed E-state index contributed by atoms with van der Waals surface area (Å²) < 4.78 is 16.6. The van der Waals surface area contributed by atoms with Crippen LogP contribution in [0.15, 0.2) is 60.7 Å². The maximum atomic E-state index is 10.9. The zero-order valence-corrected chi connectivity index (χ0v) is 15.3. The molecule has 6 nitrogen and oxygen atoms in total. The average Bonchev–Trinajstić information content (AvgIpc) is 2.92. The van der Waals surface area contributed by atoms with Crippen molar-refractivity contribution in [2.24, 2.45) is 0 Å². The molecule has 27 heavy (non-hydrogen) atoms. The fourth-order valence-electron chi connectivity index (χ4n) is 3.16. The Bertz CT molecular complexity index is 694. The van der Waals surface area contributed by atoms with Crippen molar-refractivity contribution in [3.63, 3.8) is 0 Å². The van der Waals surface area contributed by atoms with Crippen molar-refractivity contribution in [3.05, 3.63) is 71.8 Å². The molecule has 6 heteroatoms. The molecule has 0 aromatic heterocycles. The van der Waals surface area contributed by atoms with Crippen LogP contribution in [-0.4, -0.2) is 52.1 Å². The normalized spacial score (nSPS) is 29.0. The molecule has 0 amide bonds. The summed E-state index contributed by atoms with van der Waals surface area (Å²) in [6.45, 7) is 2.24. The van der Waals surface area contributed by atoms with E-state index in [1.165, 1.54) is 0 Å². The summed E-state index contributed by atoms with van der Waals surface area (Å²) in [4.78, 5) is 0. The Kier molecular flexibility index (Phi) is 6.59. The Morgan fingerprint density at radius 3 is 2.11 bits per heavy atom. The van der Waals surface area contributed by atoms with Crippen LogP contribution < -0.4 is 0 Å². The van der Waals surface area contributed by atoms with E-state index in [0.717, 1.165) is 11.1 Å². The van der Waals surface area contributed by atoms with E-state index >= 15 is 0 Å². The number of ether oxygens (including phenoxy) is 3. The maximum absolute atomic E-state index is 10.9. The number of hydrogen-bond donors (Lipinski definition) is 3. The van der Waals surface area contributed by atoms with Gasteiger partial charge in [-0.3, -0.25) is 0 Å². The van der Waals surface area contributed by atoms with Crippen LogP contribution >= 0.6 is 0 Å². The van der Waals surface area contributed by atoms with Crippen LogP contribution in [-0.2, 0) is 27.4 Å². The number of hydrogen-bond acceptors (Lipinski definition) is 6. The summed E-state index contributed by atoms with van der Waals surface area (Å²) in [6, 6.07) is 19.1. The second kappa shape index (κ2) is 8.93. The van der Waals surface area contributed by atoms with Gasteiger partial charge >= 0.3 is 0 Å². The van der Waals surface area contributed by atoms with E-state index in [4.69, 9.17) is 14.2 Å². The topological polar surface area (TPSA) is 88.4 Å². The highest BCUT2D eigenvalue weighted by Crippen LogP contribution is 2.34. The fourth-order valence-corrected chi connectivity index (χ4v) is 3.16. The SMILES string of the molecule is C[C@@H](OCc1ccccc1)[C@]1(O)C(O)O[C@H](COCc2ccccc2)[C@@H]1O. The lowest BCUT2D eigenvalue weighted by Crippen LogP contribution is -2.57. The lowest BCUT2D eigenvalue weighted by atomic mass is 9.90. The summed E-state index contributed by atoms with van der Waals surface area (Å²) in [7, 11) is 0. The second-order valence-electron chi connectivity index (χ2n) is 6.80. The summed E-state index contributed by atoms with van der Waals surface area (Å²) in [5.41, 5.74) is -0.0193.